The van der Waals surface area contributed by atoms with Gasteiger partial charge in [0.05, 0.1) is 52.9 Å². The lowest BCUT2D eigenvalue weighted by molar-refractivity contribution is 0.0127. The first-order chi connectivity index (χ1) is 27.1. The maximum atomic E-state index is 11.9. The number of nitrogens with zero attached hydrogens (tertiary/aromatic N) is 1. The van der Waals surface area contributed by atoms with Crippen LogP contribution in [-0.2, 0) is 28.4 Å². The Morgan fingerprint density at radius 1 is 0.500 bits per heavy atom. The lowest BCUT2D eigenvalue weighted by Crippen LogP contribution is -2.38. The monoisotopic (exact) mass is 802 g/mol. The number of ether oxygens (including phenoxy) is 6. The summed E-state index contributed by atoms with van der Waals surface area (Å²) in [5.74, 6) is 0.705. The van der Waals surface area contributed by atoms with Crippen molar-refractivity contribution in [1.82, 2.24) is 4.90 Å². The quantitative estimate of drug-likeness (QED) is 0.0421. The Balaban J connectivity index is 0.00000141. The lowest BCUT2D eigenvalue weighted by Gasteiger charge is -2.18. The van der Waals surface area contributed by atoms with E-state index in [4.69, 9.17) is 45.6 Å². The predicted molar refractivity (Wildman–Crippen MR) is 227 cm³/mol. The number of nitrogens with two attached hydrogens (primary N) is 3. The molecule has 0 unspecified atom stereocenters. The molecule has 0 atom stereocenters. The molecule has 2 aromatic carbocycles. The molecule has 9 N–H and O–H groups in total. The van der Waals surface area contributed by atoms with Gasteiger partial charge in [-0.25, -0.2) is 0 Å². The molecule has 0 spiro atoms. The van der Waals surface area contributed by atoms with E-state index < -0.39 is 21.7 Å². The van der Waals surface area contributed by atoms with Gasteiger partial charge in [0.2, 0.25) is 0 Å². The summed E-state index contributed by atoms with van der Waals surface area (Å²) in [6.07, 6.45) is 5.11. The zero-order chi connectivity index (χ0) is 41.8. The first kappa shape index (κ1) is 53.0. The summed E-state index contributed by atoms with van der Waals surface area (Å²) in [4.78, 5) is 48.4. The summed E-state index contributed by atoms with van der Waals surface area (Å²) in [6.45, 7) is 20.2. The van der Waals surface area contributed by atoms with Crippen molar-refractivity contribution in [2.75, 3.05) is 154 Å². The topological polar surface area (TPSA) is 241 Å². The van der Waals surface area contributed by atoms with Crippen LogP contribution in [0.25, 0.3) is 0 Å². The highest BCUT2D eigenvalue weighted by Crippen LogP contribution is 2.14. The Morgan fingerprint density at radius 3 is 1.23 bits per heavy atom. The number of nitrogen functional groups attached to an aromatic ring is 1. The van der Waals surface area contributed by atoms with Gasteiger partial charge in [-0.2, -0.15) is 0 Å². The van der Waals surface area contributed by atoms with E-state index in [2.05, 4.69) is 34.7 Å². The molecule has 0 aromatic heterocycles. The van der Waals surface area contributed by atoms with Gasteiger partial charge in [-0.3, -0.25) is 19.2 Å². The van der Waals surface area contributed by atoms with Crippen LogP contribution in [0, 0.1) is 5.92 Å². The summed E-state index contributed by atoms with van der Waals surface area (Å²) in [5.41, 5.74) is 14.9. The van der Waals surface area contributed by atoms with Crippen LogP contribution in [0.4, 0.5) is 22.7 Å². The normalized spacial score (nSPS) is 11.2. The Labute approximate surface area is 334 Å². The number of rotatable bonds is 36. The van der Waals surface area contributed by atoms with E-state index in [0.717, 1.165) is 58.4 Å². The first-order valence-corrected chi connectivity index (χ1v) is 20.3. The highest BCUT2D eigenvalue weighted by Gasteiger charge is 2.20. The average Bonchev–Trinajstić information content (AvgIpc) is 3.20. The maximum absolute atomic E-state index is 11.9. The molecule has 0 aliphatic carbocycles. The predicted octanol–water partition coefficient (Wildman–Crippen LogP) is 1.35. The fraction of sp³-hybridized carbons (Fsp3) is 0.795. The third-order valence-corrected chi connectivity index (χ3v) is 7.97. The van der Waals surface area contributed by atoms with E-state index in [1.54, 1.807) is 0 Å². The van der Waals surface area contributed by atoms with Gasteiger partial charge in [0.15, 0.2) is 0 Å². The molecule has 326 valence electrons. The van der Waals surface area contributed by atoms with Gasteiger partial charge in [-0.1, -0.05) is 27.7 Å². The fourth-order valence-corrected chi connectivity index (χ4v) is 4.71. The van der Waals surface area contributed by atoms with Gasteiger partial charge in [0.1, 0.15) is 22.7 Å². The van der Waals surface area contributed by atoms with Crippen molar-refractivity contribution in [3.05, 3.63) is 40.9 Å². The largest absolute Gasteiger partial charge is 0.394 e. The molecule has 0 fully saturated rings. The summed E-state index contributed by atoms with van der Waals surface area (Å²) < 4.78 is 32.3. The molecule has 17 heteroatoms. The van der Waals surface area contributed by atoms with E-state index in [1.807, 2.05) is 20.9 Å². The first-order valence-electron chi connectivity index (χ1n) is 20.3. The molecule has 0 bridgehead atoms. The van der Waals surface area contributed by atoms with Crippen LogP contribution in [0.2, 0.25) is 0 Å². The van der Waals surface area contributed by atoms with Gasteiger partial charge in [-0.05, 0) is 77.7 Å². The van der Waals surface area contributed by atoms with E-state index in [1.165, 1.54) is 0 Å². The lowest BCUT2D eigenvalue weighted by atomic mass is 10.1. The minimum atomic E-state index is -0.625. The molecule has 0 saturated heterocycles. The molecule has 2 aromatic rings. The summed E-state index contributed by atoms with van der Waals surface area (Å²) in [5, 5.41) is 9.00. The van der Waals surface area contributed by atoms with Gasteiger partial charge in [0, 0.05) is 46.1 Å². The molecule has 0 saturated carbocycles. The van der Waals surface area contributed by atoms with Crippen molar-refractivity contribution in [1.29, 1.82) is 0 Å². The Kier molecular flexibility index (Phi) is 34.4. The van der Waals surface area contributed by atoms with Crippen LogP contribution >= 0.6 is 0 Å². The van der Waals surface area contributed by atoms with Crippen molar-refractivity contribution in [3.63, 3.8) is 0 Å². The van der Waals surface area contributed by atoms with Crippen molar-refractivity contribution >= 4 is 22.7 Å². The Bertz CT molecular complexity index is 1350. The number of hydrogen-bond donors (Lipinski definition) is 6. The third-order valence-electron chi connectivity index (χ3n) is 7.97. The number of anilines is 4. The highest BCUT2D eigenvalue weighted by molar-refractivity contribution is 5.74. The van der Waals surface area contributed by atoms with Gasteiger partial charge in [-0.15, -0.1) is 0 Å². The van der Waals surface area contributed by atoms with Crippen molar-refractivity contribution in [3.8, 4) is 0 Å². The van der Waals surface area contributed by atoms with Gasteiger partial charge < -0.3 is 66.5 Å². The van der Waals surface area contributed by atoms with Crippen LogP contribution in [0.15, 0.2) is 19.2 Å². The summed E-state index contributed by atoms with van der Waals surface area (Å²) in [6, 6.07) is 0. The zero-order valence-corrected chi connectivity index (χ0v) is 35.0. The maximum Gasteiger partial charge on any atom is 0.253 e. The Hall–Kier alpha value is -3.00. The van der Waals surface area contributed by atoms with E-state index in [-0.39, 0.29) is 11.4 Å². The Morgan fingerprint density at radius 2 is 0.839 bits per heavy atom. The van der Waals surface area contributed by atoms with E-state index in [9.17, 15) is 19.2 Å². The standard InChI is InChI=1S/C25H42N6O7.C12H27NO3.C2H6/c1-31(10-3-7-28-19-18(27)22(32)23(19)33)11-4-8-29-20-21(25(35)24(20)34)30-9-5-13-37-15-17-38-16-14-36-12-2-6-26;1-12(2)4-7-15-9-11-16-10-8-14-6-3-5-13;1-2/h28-30H,2-17,26-27H2,1H3;12H,3-11,13H2,1-2H3;1-2H3. The van der Waals surface area contributed by atoms with Crippen molar-refractivity contribution < 1.29 is 28.4 Å². The zero-order valence-electron chi connectivity index (χ0n) is 35.0. The van der Waals surface area contributed by atoms with Crippen molar-refractivity contribution in [2.45, 2.75) is 66.2 Å². The van der Waals surface area contributed by atoms with Gasteiger partial charge >= 0.3 is 0 Å². The second kappa shape index (κ2) is 36.3. The number of hydrogen-bond acceptors (Lipinski definition) is 17. The highest BCUT2D eigenvalue weighted by atomic mass is 16.5. The summed E-state index contributed by atoms with van der Waals surface area (Å²) in [7, 11) is 1.98. The summed E-state index contributed by atoms with van der Waals surface area (Å²) >= 11 is 0. The number of nitrogens with one attached hydrogen (secondary N) is 3. The molecule has 0 radical (unpaired) electrons. The van der Waals surface area contributed by atoms with Crippen molar-refractivity contribution in [2.24, 2.45) is 17.4 Å². The molecular weight excluding hydrogens is 726 g/mol. The van der Waals surface area contributed by atoms with Gasteiger partial charge in [0.25, 0.3) is 21.7 Å². The van der Waals surface area contributed by atoms with Crippen LogP contribution in [0.1, 0.15) is 66.2 Å². The van der Waals surface area contributed by atoms with Crippen LogP contribution < -0.4 is 54.9 Å². The molecule has 0 heterocycles. The molecule has 17 nitrogen and oxygen atoms in total. The minimum Gasteiger partial charge on any atom is -0.394 e. The third kappa shape index (κ3) is 25.3. The molecule has 0 amide bonds. The van der Waals surface area contributed by atoms with E-state index in [0.29, 0.717) is 123 Å². The molecule has 0 aliphatic rings. The van der Waals surface area contributed by atoms with Crippen LogP contribution in [-0.4, -0.2) is 137 Å². The molecule has 56 heavy (non-hydrogen) atoms. The average molecular weight is 802 g/mol. The van der Waals surface area contributed by atoms with Crippen LogP contribution in [0.3, 0.4) is 0 Å². The molecular formula is C39H75N7O10. The van der Waals surface area contributed by atoms with E-state index >= 15 is 0 Å². The second-order valence-electron chi connectivity index (χ2n) is 13.1. The minimum absolute atomic E-state index is 0.00707. The molecule has 0 aliphatic heterocycles. The second-order valence-corrected chi connectivity index (χ2v) is 13.1. The fourth-order valence-electron chi connectivity index (χ4n) is 4.71. The smallest absolute Gasteiger partial charge is 0.253 e. The molecule has 2 rings (SSSR count). The SMILES string of the molecule is CC.CC(C)CCOCCOCCOCCCN.CN(CCCNc1c(N)c(=O)c1=O)CCCNc1c(NCCCOCCOCCOCCCN)c(=O)c1=O. The van der Waals surface area contributed by atoms with Crippen LogP contribution in [0.5, 0.6) is 0 Å².